The highest BCUT2D eigenvalue weighted by molar-refractivity contribution is 4.88. The minimum atomic E-state index is 0.238. The number of hydrogen-bond donors (Lipinski definition) is 2. The largest absolute Gasteiger partial charge is 0.395 e. The van der Waals surface area contributed by atoms with Crippen molar-refractivity contribution in [2.24, 2.45) is 5.41 Å². The van der Waals surface area contributed by atoms with E-state index < -0.39 is 0 Å². The van der Waals surface area contributed by atoms with Gasteiger partial charge in [-0.05, 0) is 25.2 Å². The molecule has 0 spiro atoms. The minimum absolute atomic E-state index is 0.238. The fourth-order valence-corrected chi connectivity index (χ4v) is 2.20. The molecule has 2 nitrogen and oxygen atoms in total. The number of rotatable bonds is 3. The van der Waals surface area contributed by atoms with Gasteiger partial charge in [-0.25, -0.2) is 0 Å². The molecule has 2 heteroatoms. The third kappa shape index (κ3) is 2.96. The van der Waals surface area contributed by atoms with E-state index >= 15 is 0 Å². The van der Waals surface area contributed by atoms with Crippen molar-refractivity contribution in [1.82, 2.24) is 5.32 Å². The van der Waals surface area contributed by atoms with Gasteiger partial charge in [0.1, 0.15) is 0 Å². The van der Waals surface area contributed by atoms with E-state index in [0.29, 0.717) is 11.5 Å². The zero-order chi connectivity index (χ0) is 9.90. The average Bonchev–Trinajstić information content (AvgIpc) is 2.08. The Morgan fingerprint density at radius 3 is 2.69 bits per heavy atom. The zero-order valence-electron chi connectivity index (χ0n) is 9.14. The van der Waals surface area contributed by atoms with Crippen LogP contribution in [0.1, 0.15) is 46.5 Å². The molecule has 1 rings (SSSR count). The molecular weight excluding hydrogens is 162 g/mol. The maximum atomic E-state index is 8.97. The van der Waals surface area contributed by atoms with Crippen molar-refractivity contribution in [3.8, 4) is 0 Å². The first-order valence-electron chi connectivity index (χ1n) is 5.43. The number of aliphatic hydroxyl groups excluding tert-OH is 1. The molecule has 0 aromatic rings. The lowest BCUT2D eigenvalue weighted by molar-refractivity contribution is 0.139. The van der Waals surface area contributed by atoms with Crippen LogP contribution < -0.4 is 5.32 Å². The van der Waals surface area contributed by atoms with Crippen LogP contribution in [0.4, 0.5) is 0 Å². The van der Waals surface area contributed by atoms with E-state index in [-0.39, 0.29) is 12.6 Å². The van der Waals surface area contributed by atoms with Gasteiger partial charge in [-0.15, -0.1) is 0 Å². The summed E-state index contributed by atoms with van der Waals surface area (Å²) >= 11 is 0. The molecule has 13 heavy (non-hydrogen) atoms. The summed E-state index contributed by atoms with van der Waals surface area (Å²) in [4.78, 5) is 0. The molecule has 0 heterocycles. The molecule has 0 aromatic carbocycles. The Kier molecular flexibility index (Phi) is 3.74. The topological polar surface area (TPSA) is 32.3 Å². The van der Waals surface area contributed by atoms with Crippen molar-refractivity contribution in [3.05, 3.63) is 0 Å². The third-order valence-corrected chi connectivity index (χ3v) is 3.27. The minimum Gasteiger partial charge on any atom is -0.395 e. The third-order valence-electron chi connectivity index (χ3n) is 3.27. The fraction of sp³-hybridized carbons (Fsp3) is 1.00. The van der Waals surface area contributed by atoms with Gasteiger partial charge in [0, 0.05) is 12.1 Å². The lowest BCUT2D eigenvalue weighted by Crippen LogP contribution is -2.48. The van der Waals surface area contributed by atoms with Gasteiger partial charge >= 0.3 is 0 Å². The van der Waals surface area contributed by atoms with Gasteiger partial charge in [-0.3, -0.25) is 0 Å². The van der Waals surface area contributed by atoms with Crippen molar-refractivity contribution in [3.63, 3.8) is 0 Å². The van der Waals surface area contributed by atoms with E-state index in [2.05, 4.69) is 19.2 Å². The summed E-state index contributed by atoms with van der Waals surface area (Å²) in [6, 6.07) is 0.825. The van der Waals surface area contributed by atoms with Crippen LogP contribution in [-0.4, -0.2) is 23.8 Å². The van der Waals surface area contributed by atoms with Crippen molar-refractivity contribution in [2.45, 2.75) is 58.5 Å². The molecule has 1 aliphatic carbocycles. The van der Waals surface area contributed by atoms with Crippen LogP contribution in [0.25, 0.3) is 0 Å². The van der Waals surface area contributed by atoms with Gasteiger partial charge < -0.3 is 10.4 Å². The van der Waals surface area contributed by atoms with Crippen LogP contribution in [0.3, 0.4) is 0 Å². The molecule has 1 aliphatic rings. The molecule has 1 unspecified atom stereocenters. The molecule has 0 saturated heterocycles. The van der Waals surface area contributed by atoms with E-state index in [1.165, 1.54) is 25.7 Å². The van der Waals surface area contributed by atoms with E-state index in [9.17, 15) is 0 Å². The SMILES string of the molecule is C[C@@H](CO)NC1CCCCC1(C)C. The number of nitrogens with one attached hydrogen (secondary N) is 1. The molecule has 0 bridgehead atoms. The summed E-state index contributed by atoms with van der Waals surface area (Å²) in [5.74, 6) is 0. The van der Waals surface area contributed by atoms with Crippen molar-refractivity contribution < 1.29 is 5.11 Å². The lowest BCUT2D eigenvalue weighted by Gasteiger charge is -2.40. The second kappa shape index (κ2) is 4.43. The van der Waals surface area contributed by atoms with Crippen LogP contribution in [-0.2, 0) is 0 Å². The molecule has 0 aliphatic heterocycles. The van der Waals surface area contributed by atoms with Gasteiger partial charge in [-0.1, -0.05) is 26.7 Å². The number of aliphatic hydroxyl groups is 1. The summed E-state index contributed by atoms with van der Waals surface area (Å²) in [5, 5.41) is 12.5. The Balaban J connectivity index is 2.46. The summed E-state index contributed by atoms with van der Waals surface area (Å²) < 4.78 is 0. The quantitative estimate of drug-likeness (QED) is 0.704. The van der Waals surface area contributed by atoms with Crippen molar-refractivity contribution >= 4 is 0 Å². The molecule has 78 valence electrons. The van der Waals surface area contributed by atoms with Crippen LogP contribution in [0.2, 0.25) is 0 Å². The van der Waals surface area contributed by atoms with E-state index in [1.54, 1.807) is 0 Å². The average molecular weight is 185 g/mol. The Morgan fingerprint density at radius 1 is 1.46 bits per heavy atom. The maximum absolute atomic E-state index is 8.97. The molecule has 1 fully saturated rings. The predicted octanol–water partition coefficient (Wildman–Crippen LogP) is 1.93. The zero-order valence-corrected chi connectivity index (χ0v) is 9.14. The Hall–Kier alpha value is -0.0800. The normalized spacial score (nSPS) is 30.0. The molecule has 2 atom stereocenters. The monoisotopic (exact) mass is 185 g/mol. The van der Waals surface area contributed by atoms with Crippen LogP contribution in [0, 0.1) is 5.41 Å². The highest BCUT2D eigenvalue weighted by atomic mass is 16.3. The highest BCUT2D eigenvalue weighted by Crippen LogP contribution is 2.35. The first-order chi connectivity index (χ1) is 6.06. The maximum Gasteiger partial charge on any atom is 0.0582 e. The molecule has 0 aromatic heterocycles. The van der Waals surface area contributed by atoms with E-state index in [0.717, 1.165) is 0 Å². The van der Waals surface area contributed by atoms with Gasteiger partial charge in [0.25, 0.3) is 0 Å². The lowest BCUT2D eigenvalue weighted by atomic mass is 9.73. The van der Waals surface area contributed by atoms with Gasteiger partial charge in [0.2, 0.25) is 0 Å². The fourth-order valence-electron chi connectivity index (χ4n) is 2.20. The summed E-state index contributed by atoms with van der Waals surface area (Å²) in [6.45, 7) is 6.94. The van der Waals surface area contributed by atoms with E-state index in [1.807, 2.05) is 6.92 Å². The molecule has 2 N–H and O–H groups in total. The van der Waals surface area contributed by atoms with Crippen LogP contribution in [0.15, 0.2) is 0 Å². The highest BCUT2D eigenvalue weighted by Gasteiger charge is 2.32. The van der Waals surface area contributed by atoms with E-state index in [4.69, 9.17) is 5.11 Å². The van der Waals surface area contributed by atoms with Crippen molar-refractivity contribution in [2.75, 3.05) is 6.61 Å². The smallest absolute Gasteiger partial charge is 0.0582 e. The summed E-state index contributed by atoms with van der Waals surface area (Å²) in [6.07, 6.45) is 5.26. The second-order valence-electron chi connectivity index (χ2n) is 5.04. The van der Waals surface area contributed by atoms with Crippen LogP contribution in [0.5, 0.6) is 0 Å². The summed E-state index contributed by atoms with van der Waals surface area (Å²) in [5.41, 5.74) is 0.404. The van der Waals surface area contributed by atoms with Crippen LogP contribution >= 0.6 is 0 Å². The first kappa shape index (κ1) is 11.0. The molecule has 0 amide bonds. The summed E-state index contributed by atoms with van der Waals surface area (Å²) in [7, 11) is 0. The second-order valence-corrected chi connectivity index (χ2v) is 5.04. The van der Waals surface area contributed by atoms with Gasteiger partial charge in [0.15, 0.2) is 0 Å². The first-order valence-corrected chi connectivity index (χ1v) is 5.43. The Labute approximate surface area is 81.7 Å². The Morgan fingerprint density at radius 2 is 2.15 bits per heavy atom. The number of hydrogen-bond acceptors (Lipinski definition) is 2. The standard InChI is InChI=1S/C11H23NO/c1-9(8-13)12-10-6-4-5-7-11(10,2)3/h9-10,12-13H,4-8H2,1-3H3/t9-,10?/m0/s1. The molecule has 1 saturated carbocycles. The molecular formula is C11H23NO. The van der Waals surface area contributed by atoms with Gasteiger partial charge in [0.05, 0.1) is 6.61 Å². The molecule has 0 radical (unpaired) electrons. The predicted molar refractivity (Wildman–Crippen MR) is 55.7 cm³/mol. The Bertz CT molecular complexity index is 156. The van der Waals surface area contributed by atoms with Crippen molar-refractivity contribution in [1.29, 1.82) is 0 Å². The van der Waals surface area contributed by atoms with Gasteiger partial charge in [-0.2, -0.15) is 0 Å².